The van der Waals surface area contributed by atoms with Gasteiger partial charge in [0.1, 0.15) is 5.75 Å². The lowest BCUT2D eigenvalue weighted by molar-refractivity contribution is 0.102. The number of benzene rings is 3. The summed E-state index contributed by atoms with van der Waals surface area (Å²) in [7, 11) is 0.502. The fourth-order valence-electron chi connectivity index (χ4n) is 3.29. The molecule has 0 saturated carbocycles. The third kappa shape index (κ3) is 5.38. The summed E-state index contributed by atoms with van der Waals surface area (Å²) in [5, 5.41) is 2.73. The lowest BCUT2D eigenvalue weighted by Crippen LogP contribution is -2.17. The molecule has 0 bridgehead atoms. The molecule has 3 rings (SSSR count). The molecule has 0 fully saturated rings. The summed E-state index contributed by atoms with van der Waals surface area (Å²) in [6.07, 6.45) is 0. The van der Waals surface area contributed by atoms with Crippen LogP contribution in [0.25, 0.3) is 0 Å². The third-order valence-corrected chi connectivity index (χ3v) is 6.48. The molecule has 0 heterocycles. The van der Waals surface area contributed by atoms with E-state index in [1.54, 1.807) is 43.3 Å². The summed E-state index contributed by atoms with van der Waals surface area (Å²) >= 11 is 0. The topological polar surface area (TPSA) is 103 Å². The Morgan fingerprint density at radius 1 is 0.788 bits per heavy atom. The minimum absolute atomic E-state index is 0.0566. The minimum atomic E-state index is -3.88. The molecule has 3 aromatic carbocycles. The summed E-state index contributed by atoms with van der Waals surface area (Å²) in [5.74, 6) is 0.563. The zero-order valence-corrected chi connectivity index (χ0v) is 19.9. The first kappa shape index (κ1) is 23.9. The molecule has 8 nitrogen and oxygen atoms in total. The van der Waals surface area contributed by atoms with Crippen molar-refractivity contribution in [3.8, 4) is 17.2 Å². The van der Waals surface area contributed by atoms with Gasteiger partial charge in [-0.15, -0.1) is 0 Å². The van der Waals surface area contributed by atoms with Gasteiger partial charge in [-0.2, -0.15) is 0 Å². The van der Waals surface area contributed by atoms with Crippen LogP contribution in [0.3, 0.4) is 0 Å². The van der Waals surface area contributed by atoms with Gasteiger partial charge in [0.25, 0.3) is 15.9 Å². The molecule has 0 atom stereocenters. The van der Waals surface area contributed by atoms with Crippen molar-refractivity contribution in [2.75, 3.05) is 31.4 Å². The van der Waals surface area contributed by atoms with Crippen LogP contribution in [0.5, 0.6) is 17.2 Å². The average Bonchev–Trinajstić information content (AvgIpc) is 2.78. The van der Waals surface area contributed by atoms with Crippen LogP contribution < -0.4 is 24.2 Å². The molecule has 174 valence electrons. The van der Waals surface area contributed by atoms with Gasteiger partial charge in [-0.25, -0.2) is 8.42 Å². The number of aryl methyl sites for hydroxylation is 2. The van der Waals surface area contributed by atoms with E-state index in [1.807, 2.05) is 13.0 Å². The van der Waals surface area contributed by atoms with Crippen molar-refractivity contribution in [1.82, 2.24) is 0 Å². The average molecular weight is 471 g/mol. The molecule has 0 aliphatic rings. The number of nitrogens with one attached hydrogen (secondary N) is 2. The number of carbonyl (C=O) groups is 1. The van der Waals surface area contributed by atoms with Gasteiger partial charge in [0, 0.05) is 23.5 Å². The van der Waals surface area contributed by atoms with E-state index in [9.17, 15) is 13.2 Å². The van der Waals surface area contributed by atoms with Crippen LogP contribution in [0.15, 0.2) is 59.5 Å². The van der Waals surface area contributed by atoms with Crippen molar-refractivity contribution in [1.29, 1.82) is 0 Å². The molecule has 0 radical (unpaired) electrons. The van der Waals surface area contributed by atoms with E-state index < -0.39 is 15.9 Å². The highest BCUT2D eigenvalue weighted by molar-refractivity contribution is 7.92. The zero-order chi connectivity index (χ0) is 24.2. The maximum atomic E-state index is 13.0. The Morgan fingerprint density at radius 2 is 1.45 bits per heavy atom. The molecule has 0 aliphatic carbocycles. The van der Waals surface area contributed by atoms with Gasteiger partial charge in [-0.3, -0.25) is 9.52 Å². The molecule has 0 aromatic heterocycles. The number of ether oxygens (including phenoxy) is 3. The summed E-state index contributed by atoms with van der Waals surface area (Å²) in [4.78, 5) is 13.0. The van der Waals surface area contributed by atoms with Crippen molar-refractivity contribution >= 4 is 27.3 Å². The van der Waals surface area contributed by atoms with Crippen LogP contribution in [-0.4, -0.2) is 35.7 Å². The van der Waals surface area contributed by atoms with Crippen LogP contribution in [0.1, 0.15) is 21.5 Å². The third-order valence-electron chi connectivity index (χ3n) is 4.96. The predicted octanol–water partition coefficient (Wildman–Crippen LogP) is 4.38. The van der Waals surface area contributed by atoms with Crippen LogP contribution in [0.4, 0.5) is 11.4 Å². The van der Waals surface area contributed by atoms with Crippen LogP contribution >= 0.6 is 0 Å². The maximum absolute atomic E-state index is 13.0. The SMILES string of the molecule is COc1cc(OC)c(C(=O)Nc2ccc(C)c(S(=O)(=O)Nc3cccc(C)c3)c2)cc1OC. The standard InChI is InChI=1S/C24H26N2O6S/c1-15-7-6-8-18(11-15)26-33(28,29)23-12-17(10-9-16(23)2)25-24(27)19-13-21(31-4)22(32-5)14-20(19)30-3/h6-14,26H,1-5H3,(H,25,27). The molecule has 2 N–H and O–H groups in total. The second-order valence-electron chi connectivity index (χ2n) is 7.32. The molecule has 9 heteroatoms. The number of sulfonamides is 1. The molecule has 0 unspecified atom stereocenters. The number of hydrogen-bond acceptors (Lipinski definition) is 6. The summed E-state index contributed by atoms with van der Waals surface area (Å²) < 4.78 is 44.5. The van der Waals surface area contributed by atoms with Gasteiger partial charge in [-0.05, 0) is 49.2 Å². The van der Waals surface area contributed by atoms with Crippen molar-refractivity contribution in [3.05, 3.63) is 71.3 Å². The Kier molecular flexibility index (Phi) is 7.13. The van der Waals surface area contributed by atoms with E-state index in [-0.39, 0.29) is 16.2 Å². The highest BCUT2D eigenvalue weighted by atomic mass is 32.2. The van der Waals surface area contributed by atoms with E-state index in [4.69, 9.17) is 14.2 Å². The van der Waals surface area contributed by atoms with E-state index in [0.29, 0.717) is 28.4 Å². The highest BCUT2D eigenvalue weighted by Gasteiger charge is 2.21. The number of methoxy groups -OCH3 is 3. The molecule has 0 spiro atoms. The number of carbonyl (C=O) groups excluding carboxylic acids is 1. The van der Waals surface area contributed by atoms with Crippen molar-refractivity contribution < 1.29 is 27.4 Å². The zero-order valence-electron chi connectivity index (χ0n) is 19.1. The van der Waals surface area contributed by atoms with Crippen molar-refractivity contribution in [3.63, 3.8) is 0 Å². The summed E-state index contributed by atoms with van der Waals surface area (Å²) in [5.41, 5.74) is 2.44. The van der Waals surface area contributed by atoms with E-state index in [0.717, 1.165) is 5.56 Å². The molecule has 3 aromatic rings. The van der Waals surface area contributed by atoms with Crippen LogP contribution in [-0.2, 0) is 10.0 Å². The normalized spacial score (nSPS) is 10.9. The molecular formula is C24H26N2O6S. The van der Waals surface area contributed by atoms with Gasteiger partial charge in [0.15, 0.2) is 11.5 Å². The lowest BCUT2D eigenvalue weighted by Gasteiger charge is -2.15. The fourth-order valence-corrected chi connectivity index (χ4v) is 4.61. The van der Waals surface area contributed by atoms with Crippen molar-refractivity contribution in [2.24, 2.45) is 0 Å². The van der Waals surface area contributed by atoms with Gasteiger partial charge in [-0.1, -0.05) is 18.2 Å². The number of rotatable bonds is 8. The number of hydrogen-bond donors (Lipinski definition) is 2. The predicted molar refractivity (Wildman–Crippen MR) is 127 cm³/mol. The number of anilines is 2. The van der Waals surface area contributed by atoms with Crippen LogP contribution in [0.2, 0.25) is 0 Å². The first-order chi connectivity index (χ1) is 15.7. The second-order valence-corrected chi connectivity index (χ2v) is 8.97. The Balaban J connectivity index is 1.92. The Labute approximate surface area is 193 Å². The molecule has 0 aliphatic heterocycles. The van der Waals surface area contributed by atoms with Crippen molar-refractivity contribution in [2.45, 2.75) is 18.7 Å². The van der Waals surface area contributed by atoms with Gasteiger partial charge >= 0.3 is 0 Å². The Hall–Kier alpha value is -3.72. The first-order valence-corrected chi connectivity index (χ1v) is 11.5. The summed E-state index contributed by atoms with van der Waals surface area (Å²) in [6.45, 7) is 3.56. The van der Waals surface area contributed by atoms with Gasteiger partial charge in [0.05, 0.1) is 31.8 Å². The first-order valence-electron chi connectivity index (χ1n) is 10.00. The molecule has 33 heavy (non-hydrogen) atoms. The highest BCUT2D eigenvalue weighted by Crippen LogP contribution is 2.35. The van der Waals surface area contributed by atoms with E-state index in [1.165, 1.54) is 33.5 Å². The number of amides is 1. The molecule has 0 saturated heterocycles. The van der Waals surface area contributed by atoms with Gasteiger partial charge < -0.3 is 19.5 Å². The fraction of sp³-hybridized carbons (Fsp3) is 0.208. The van der Waals surface area contributed by atoms with Crippen LogP contribution in [0, 0.1) is 13.8 Å². The Bertz CT molecular complexity index is 1290. The van der Waals surface area contributed by atoms with E-state index >= 15 is 0 Å². The summed E-state index contributed by atoms with van der Waals surface area (Å²) in [6, 6.07) is 14.8. The quantitative estimate of drug-likeness (QED) is 0.506. The monoisotopic (exact) mass is 470 g/mol. The second kappa shape index (κ2) is 9.83. The minimum Gasteiger partial charge on any atom is -0.496 e. The molecule has 1 amide bonds. The largest absolute Gasteiger partial charge is 0.496 e. The smallest absolute Gasteiger partial charge is 0.262 e. The van der Waals surface area contributed by atoms with E-state index in [2.05, 4.69) is 10.0 Å². The molecular weight excluding hydrogens is 444 g/mol. The Morgan fingerprint density at radius 3 is 2.09 bits per heavy atom. The van der Waals surface area contributed by atoms with Gasteiger partial charge in [0.2, 0.25) is 0 Å². The lowest BCUT2D eigenvalue weighted by atomic mass is 10.1. The maximum Gasteiger partial charge on any atom is 0.262 e.